The molecule has 4 rings (SSSR count). The number of hydrogen-bond donors (Lipinski definition) is 1. The minimum absolute atomic E-state index is 0.120. The Hall–Kier alpha value is -3.58. The lowest BCUT2D eigenvalue weighted by atomic mass is 10.2. The monoisotopic (exact) mass is 425 g/mol. The van der Waals surface area contributed by atoms with Gasteiger partial charge in [0.1, 0.15) is 23.9 Å². The fourth-order valence-corrected chi connectivity index (χ4v) is 2.86. The molecule has 0 atom stereocenters. The van der Waals surface area contributed by atoms with Crippen molar-refractivity contribution < 1.29 is 18.3 Å². The van der Waals surface area contributed by atoms with Crippen molar-refractivity contribution in [3.8, 4) is 5.75 Å². The van der Waals surface area contributed by atoms with Gasteiger partial charge in [-0.25, -0.2) is 4.39 Å². The third-order valence-corrected chi connectivity index (χ3v) is 4.47. The molecule has 2 aromatic carbocycles. The summed E-state index contributed by atoms with van der Waals surface area (Å²) in [6.45, 7) is 0.674. The van der Waals surface area contributed by atoms with Crippen molar-refractivity contribution in [1.82, 2.24) is 9.78 Å². The van der Waals surface area contributed by atoms with Gasteiger partial charge in [-0.3, -0.25) is 9.48 Å². The molecule has 6 nitrogen and oxygen atoms in total. The lowest BCUT2D eigenvalue weighted by molar-refractivity contribution is 0.0992. The molecule has 4 aromatic rings. The van der Waals surface area contributed by atoms with E-state index in [-0.39, 0.29) is 18.2 Å². The highest BCUT2D eigenvalue weighted by Gasteiger charge is 2.13. The van der Waals surface area contributed by atoms with E-state index in [1.54, 1.807) is 29.1 Å². The molecule has 1 N–H and O–H groups in total. The molecule has 0 aliphatic rings. The molecular weight excluding hydrogens is 409 g/mol. The lowest BCUT2D eigenvalue weighted by Crippen LogP contribution is -2.12. The number of rotatable bonds is 7. The summed E-state index contributed by atoms with van der Waals surface area (Å²) in [7, 11) is 0. The van der Waals surface area contributed by atoms with Gasteiger partial charge in [0.2, 0.25) is 0 Å². The fourth-order valence-electron chi connectivity index (χ4n) is 2.73. The van der Waals surface area contributed by atoms with Gasteiger partial charge >= 0.3 is 0 Å². The van der Waals surface area contributed by atoms with E-state index in [1.165, 1.54) is 24.3 Å². The van der Waals surface area contributed by atoms with Crippen molar-refractivity contribution >= 4 is 23.3 Å². The van der Waals surface area contributed by atoms with Crippen LogP contribution in [0.4, 0.5) is 10.2 Å². The smallest absolute Gasteiger partial charge is 0.292 e. The lowest BCUT2D eigenvalue weighted by Gasteiger charge is -2.04. The highest BCUT2D eigenvalue weighted by Crippen LogP contribution is 2.16. The molecule has 0 aliphatic heterocycles. The van der Waals surface area contributed by atoms with E-state index in [4.69, 9.17) is 20.8 Å². The maximum absolute atomic E-state index is 12.9. The standard InChI is InChI=1S/C22H17ClFN3O3/c23-16-3-1-15(2-4-16)13-27-12-11-21(26-27)25-22(28)20-10-9-19(30-20)14-29-18-7-5-17(24)6-8-18/h1-12H,13-14H2,(H,25,26,28). The first-order valence-electron chi connectivity index (χ1n) is 9.11. The van der Waals surface area contributed by atoms with E-state index < -0.39 is 5.91 Å². The highest BCUT2D eigenvalue weighted by atomic mass is 35.5. The van der Waals surface area contributed by atoms with Crippen LogP contribution in [0.5, 0.6) is 5.75 Å². The number of hydrogen-bond acceptors (Lipinski definition) is 4. The Labute approximate surface area is 176 Å². The second-order valence-electron chi connectivity index (χ2n) is 6.49. The molecule has 8 heteroatoms. The number of furan rings is 1. The van der Waals surface area contributed by atoms with Crippen LogP contribution in [-0.4, -0.2) is 15.7 Å². The minimum Gasteiger partial charge on any atom is -0.486 e. The van der Waals surface area contributed by atoms with E-state index in [0.29, 0.717) is 28.9 Å². The van der Waals surface area contributed by atoms with Crippen molar-refractivity contribution in [2.24, 2.45) is 0 Å². The van der Waals surface area contributed by atoms with E-state index in [9.17, 15) is 9.18 Å². The maximum atomic E-state index is 12.9. The zero-order valence-corrected chi connectivity index (χ0v) is 16.5. The van der Waals surface area contributed by atoms with Crippen LogP contribution in [-0.2, 0) is 13.2 Å². The number of ether oxygens (including phenoxy) is 1. The summed E-state index contributed by atoms with van der Waals surface area (Å²) >= 11 is 5.89. The van der Waals surface area contributed by atoms with Crippen molar-refractivity contribution in [1.29, 1.82) is 0 Å². The normalized spacial score (nSPS) is 10.7. The molecule has 0 fully saturated rings. The summed E-state index contributed by atoms with van der Waals surface area (Å²) in [4.78, 5) is 12.4. The van der Waals surface area contributed by atoms with Crippen LogP contribution in [0, 0.1) is 5.82 Å². The second kappa shape index (κ2) is 8.84. The predicted molar refractivity (Wildman–Crippen MR) is 110 cm³/mol. The summed E-state index contributed by atoms with van der Waals surface area (Å²) in [5.41, 5.74) is 1.04. The van der Waals surface area contributed by atoms with Gasteiger partial charge in [-0.05, 0) is 54.1 Å². The molecule has 152 valence electrons. The quantitative estimate of drug-likeness (QED) is 0.444. The van der Waals surface area contributed by atoms with Crippen LogP contribution in [0.3, 0.4) is 0 Å². The average Bonchev–Trinajstić information content (AvgIpc) is 3.39. The molecule has 30 heavy (non-hydrogen) atoms. The number of carbonyl (C=O) groups is 1. The number of amides is 1. The Morgan fingerprint density at radius 2 is 1.83 bits per heavy atom. The summed E-state index contributed by atoms with van der Waals surface area (Å²) in [5, 5.41) is 7.71. The topological polar surface area (TPSA) is 69.3 Å². The molecule has 0 radical (unpaired) electrons. The Kier molecular flexibility index (Phi) is 5.81. The van der Waals surface area contributed by atoms with Crippen LogP contribution in [0.2, 0.25) is 5.02 Å². The van der Waals surface area contributed by atoms with Gasteiger partial charge in [0.25, 0.3) is 5.91 Å². The minimum atomic E-state index is -0.417. The van der Waals surface area contributed by atoms with E-state index in [2.05, 4.69) is 10.4 Å². The Balaban J connectivity index is 1.32. The first kappa shape index (κ1) is 19.7. The average molecular weight is 426 g/mol. The summed E-state index contributed by atoms with van der Waals surface area (Å²) in [6, 6.07) is 18.0. The molecule has 0 aliphatic carbocycles. The zero-order valence-electron chi connectivity index (χ0n) is 15.7. The zero-order chi connectivity index (χ0) is 20.9. The summed E-state index contributed by atoms with van der Waals surface area (Å²) < 4.78 is 25.7. The van der Waals surface area contributed by atoms with Crippen molar-refractivity contribution in [3.05, 3.63) is 101 Å². The molecule has 2 aromatic heterocycles. The van der Waals surface area contributed by atoms with E-state index >= 15 is 0 Å². The summed E-state index contributed by atoms with van der Waals surface area (Å²) in [5.74, 6) is 0.770. The first-order chi connectivity index (χ1) is 14.5. The van der Waals surface area contributed by atoms with E-state index in [1.807, 2.05) is 24.3 Å². The third-order valence-electron chi connectivity index (χ3n) is 4.22. The van der Waals surface area contributed by atoms with Gasteiger partial charge in [-0.1, -0.05) is 23.7 Å². The number of carbonyl (C=O) groups excluding carboxylic acids is 1. The molecular formula is C22H17ClFN3O3. The maximum Gasteiger partial charge on any atom is 0.292 e. The second-order valence-corrected chi connectivity index (χ2v) is 6.92. The van der Waals surface area contributed by atoms with Crippen LogP contribution in [0.15, 0.2) is 77.3 Å². The number of aromatic nitrogens is 2. The molecule has 2 heterocycles. The van der Waals surface area contributed by atoms with Gasteiger partial charge in [0, 0.05) is 17.3 Å². The van der Waals surface area contributed by atoms with E-state index in [0.717, 1.165) is 5.56 Å². The molecule has 0 spiro atoms. The van der Waals surface area contributed by atoms with Gasteiger partial charge in [-0.2, -0.15) is 5.10 Å². The van der Waals surface area contributed by atoms with Gasteiger partial charge in [0.05, 0.1) is 6.54 Å². The van der Waals surface area contributed by atoms with Gasteiger partial charge < -0.3 is 14.5 Å². The number of nitrogens with zero attached hydrogens (tertiary/aromatic N) is 2. The SMILES string of the molecule is O=C(Nc1ccn(Cc2ccc(Cl)cc2)n1)c1ccc(COc2ccc(F)cc2)o1. The predicted octanol–water partition coefficient (Wildman–Crippen LogP) is 5.15. The van der Waals surface area contributed by atoms with Crippen LogP contribution >= 0.6 is 11.6 Å². The fraction of sp³-hybridized carbons (Fsp3) is 0.0909. The largest absolute Gasteiger partial charge is 0.486 e. The molecule has 0 unspecified atom stereocenters. The van der Waals surface area contributed by atoms with Crippen molar-refractivity contribution in [3.63, 3.8) is 0 Å². The van der Waals surface area contributed by atoms with Crippen LogP contribution in [0.25, 0.3) is 0 Å². The Morgan fingerprint density at radius 3 is 2.60 bits per heavy atom. The van der Waals surface area contributed by atoms with Crippen LogP contribution in [0.1, 0.15) is 21.9 Å². The van der Waals surface area contributed by atoms with Crippen LogP contribution < -0.4 is 10.1 Å². The number of anilines is 1. The third kappa shape index (κ3) is 5.07. The van der Waals surface area contributed by atoms with Crippen molar-refractivity contribution in [2.45, 2.75) is 13.2 Å². The first-order valence-corrected chi connectivity index (χ1v) is 9.49. The number of benzene rings is 2. The Bertz CT molecular complexity index is 1140. The Morgan fingerprint density at radius 1 is 1.07 bits per heavy atom. The van der Waals surface area contributed by atoms with Crippen molar-refractivity contribution in [2.75, 3.05) is 5.32 Å². The molecule has 0 saturated carbocycles. The van der Waals surface area contributed by atoms with Gasteiger partial charge in [-0.15, -0.1) is 0 Å². The molecule has 0 bridgehead atoms. The molecule has 0 saturated heterocycles. The summed E-state index contributed by atoms with van der Waals surface area (Å²) in [6.07, 6.45) is 1.77. The molecule has 1 amide bonds. The number of nitrogens with one attached hydrogen (secondary N) is 1. The number of halogens is 2. The highest BCUT2D eigenvalue weighted by molar-refractivity contribution is 6.30. The van der Waals surface area contributed by atoms with Gasteiger partial charge in [0.15, 0.2) is 11.6 Å².